The van der Waals surface area contributed by atoms with Gasteiger partial charge in [-0.2, -0.15) is 13.2 Å². The first-order valence-electron chi connectivity index (χ1n) is 9.79. The zero-order valence-corrected chi connectivity index (χ0v) is 18.1. The van der Waals surface area contributed by atoms with Gasteiger partial charge < -0.3 is 14.5 Å². The molecule has 1 aliphatic rings. The van der Waals surface area contributed by atoms with E-state index in [2.05, 4.69) is 32.8 Å². The highest BCUT2D eigenvalue weighted by Gasteiger charge is 2.30. The summed E-state index contributed by atoms with van der Waals surface area (Å²) in [5.41, 5.74) is 0.924. The number of benzene rings is 2. The number of hydrogen-bond donors (Lipinski definition) is 0. The second-order valence-electron chi connectivity index (χ2n) is 7.49. The Morgan fingerprint density at radius 2 is 1.79 bits per heavy atom. The molecule has 1 aliphatic heterocycles. The molecule has 2 aromatic rings. The molecule has 0 radical (unpaired) electrons. The second-order valence-corrected chi connectivity index (χ2v) is 8.40. The first-order valence-corrected chi connectivity index (χ1v) is 10.6. The van der Waals surface area contributed by atoms with E-state index in [1.807, 2.05) is 18.2 Å². The molecule has 0 atom stereocenters. The molecule has 3 rings (SSSR count). The van der Waals surface area contributed by atoms with E-state index in [-0.39, 0.29) is 6.61 Å². The highest BCUT2D eigenvalue weighted by Crippen LogP contribution is 2.30. The fourth-order valence-electron chi connectivity index (χ4n) is 3.45. The lowest BCUT2D eigenvalue weighted by atomic mass is 10.1. The summed E-state index contributed by atoms with van der Waals surface area (Å²) in [6, 6.07) is 11.1. The Morgan fingerprint density at radius 1 is 1.03 bits per heavy atom. The average Bonchev–Trinajstić information content (AvgIpc) is 2.68. The van der Waals surface area contributed by atoms with Crippen LogP contribution in [0.3, 0.4) is 0 Å². The summed E-state index contributed by atoms with van der Waals surface area (Å²) < 4.78 is 45.6. The highest BCUT2D eigenvalue weighted by atomic mass is 79.9. The zero-order valence-electron chi connectivity index (χ0n) is 16.5. The van der Waals surface area contributed by atoms with Crippen molar-refractivity contribution < 1.29 is 17.9 Å². The predicted molar refractivity (Wildman–Crippen MR) is 112 cm³/mol. The van der Waals surface area contributed by atoms with Crippen LogP contribution in [-0.2, 0) is 19.2 Å². The molecule has 3 nitrogen and oxygen atoms in total. The van der Waals surface area contributed by atoms with Gasteiger partial charge in [-0.05, 0) is 67.9 Å². The first kappa shape index (κ1) is 22.1. The number of halogens is 4. The Labute approximate surface area is 178 Å². The number of hydrogen-bond acceptors (Lipinski definition) is 3. The van der Waals surface area contributed by atoms with Gasteiger partial charge >= 0.3 is 6.18 Å². The normalized spacial score (nSPS) is 16.2. The van der Waals surface area contributed by atoms with E-state index >= 15 is 0 Å². The number of rotatable bonds is 7. The lowest BCUT2D eigenvalue weighted by molar-refractivity contribution is -0.137. The lowest BCUT2D eigenvalue weighted by Crippen LogP contribution is -2.44. The summed E-state index contributed by atoms with van der Waals surface area (Å²) in [6.45, 7) is 5.52. The minimum atomic E-state index is -4.35. The van der Waals surface area contributed by atoms with Crippen molar-refractivity contribution in [2.24, 2.45) is 0 Å². The van der Waals surface area contributed by atoms with Crippen LogP contribution in [0.2, 0.25) is 0 Å². The molecule has 0 spiro atoms. The predicted octanol–water partition coefficient (Wildman–Crippen LogP) is 5.23. The van der Waals surface area contributed by atoms with Crippen LogP contribution in [0.4, 0.5) is 13.2 Å². The minimum absolute atomic E-state index is 0.108. The van der Waals surface area contributed by atoms with Gasteiger partial charge in [-0.3, -0.25) is 0 Å². The molecule has 0 bridgehead atoms. The van der Waals surface area contributed by atoms with Crippen LogP contribution in [0.1, 0.15) is 23.1 Å². The van der Waals surface area contributed by atoms with Crippen LogP contribution in [0.25, 0.3) is 0 Å². The van der Waals surface area contributed by atoms with E-state index in [0.717, 1.165) is 73.5 Å². The summed E-state index contributed by atoms with van der Waals surface area (Å²) in [5.74, 6) is 0.726. The molecule has 0 amide bonds. The summed E-state index contributed by atoms with van der Waals surface area (Å²) in [4.78, 5) is 4.81. The maximum Gasteiger partial charge on any atom is 0.416 e. The van der Waals surface area contributed by atoms with Gasteiger partial charge in [-0.1, -0.05) is 28.1 Å². The van der Waals surface area contributed by atoms with E-state index in [0.29, 0.717) is 5.56 Å². The molecule has 0 aliphatic carbocycles. The highest BCUT2D eigenvalue weighted by molar-refractivity contribution is 9.10. The Bertz CT molecular complexity index is 805. The Kier molecular flexibility index (Phi) is 7.60. The van der Waals surface area contributed by atoms with Crippen LogP contribution in [0.5, 0.6) is 5.75 Å². The van der Waals surface area contributed by atoms with Gasteiger partial charge in [0.2, 0.25) is 0 Å². The monoisotopic (exact) mass is 470 g/mol. The van der Waals surface area contributed by atoms with Crippen molar-refractivity contribution in [3.8, 4) is 5.75 Å². The van der Waals surface area contributed by atoms with E-state index in [1.54, 1.807) is 6.07 Å². The Balaban J connectivity index is 1.58. The molecule has 1 heterocycles. The van der Waals surface area contributed by atoms with Crippen molar-refractivity contribution in [3.63, 3.8) is 0 Å². The molecular formula is C22H26BrF3N2O. The molecule has 0 saturated carbocycles. The van der Waals surface area contributed by atoms with Gasteiger partial charge in [0.15, 0.2) is 0 Å². The Morgan fingerprint density at radius 3 is 2.52 bits per heavy atom. The van der Waals surface area contributed by atoms with Crippen molar-refractivity contribution in [1.82, 2.24) is 9.80 Å². The maximum absolute atomic E-state index is 12.9. The van der Waals surface area contributed by atoms with E-state index < -0.39 is 11.7 Å². The molecule has 29 heavy (non-hydrogen) atoms. The molecule has 1 fully saturated rings. The Hall–Kier alpha value is -1.57. The third kappa shape index (κ3) is 6.73. The van der Waals surface area contributed by atoms with Crippen LogP contribution >= 0.6 is 15.9 Å². The third-order valence-corrected chi connectivity index (χ3v) is 5.68. The average molecular weight is 471 g/mol. The molecule has 158 valence electrons. The molecule has 7 heteroatoms. The number of alkyl halides is 3. The van der Waals surface area contributed by atoms with Crippen LogP contribution in [0.15, 0.2) is 46.9 Å². The molecule has 0 N–H and O–H groups in total. The van der Waals surface area contributed by atoms with Gasteiger partial charge in [-0.25, -0.2) is 0 Å². The second kappa shape index (κ2) is 9.96. The summed E-state index contributed by atoms with van der Waals surface area (Å²) in [5, 5.41) is 0. The van der Waals surface area contributed by atoms with Gasteiger partial charge in [0.1, 0.15) is 12.4 Å². The van der Waals surface area contributed by atoms with Gasteiger partial charge in [0.25, 0.3) is 0 Å². The topological polar surface area (TPSA) is 15.7 Å². The van der Waals surface area contributed by atoms with Gasteiger partial charge in [0, 0.05) is 30.7 Å². The lowest BCUT2D eigenvalue weighted by Gasteiger charge is -2.32. The van der Waals surface area contributed by atoms with Crippen molar-refractivity contribution >= 4 is 15.9 Å². The quantitative estimate of drug-likeness (QED) is 0.551. The SMILES string of the molecule is CN1CCN(CCCc2cc(Br)ccc2OCc2cccc(C(F)(F)F)c2)CC1. The number of likely N-dealkylation sites (N-methyl/N-ethyl adjacent to an activating group) is 1. The number of ether oxygens (including phenoxy) is 1. The van der Waals surface area contributed by atoms with Crippen LogP contribution in [0, 0.1) is 0 Å². The summed E-state index contributed by atoms with van der Waals surface area (Å²) in [6.07, 6.45) is -2.47. The zero-order chi connectivity index (χ0) is 20.9. The molecule has 0 unspecified atom stereocenters. The van der Waals surface area contributed by atoms with E-state index in [9.17, 15) is 13.2 Å². The van der Waals surface area contributed by atoms with Gasteiger partial charge in [0.05, 0.1) is 5.56 Å². The van der Waals surface area contributed by atoms with Crippen molar-refractivity contribution in [1.29, 1.82) is 0 Å². The number of piperazine rings is 1. The summed E-state index contributed by atoms with van der Waals surface area (Å²) >= 11 is 3.50. The fourth-order valence-corrected chi connectivity index (χ4v) is 3.86. The largest absolute Gasteiger partial charge is 0.489 e. The van der Waals surface area contributed by atoms with Crippen LogP contribution < -0.4 is 4.74 Å². The molecule has 2 aromatic carbocycles. The first-order chi connectivity index (χ1) is 13.8. The van der Waals surface area contributed by atoms with E-state index in [1.165, 1.54) is 6.07 Å². The van der Waals surface area contributed by atoms with Crippen molar-refractivity contribution in [2.45, 2.75) is 25.6 Å². The van der Waals surface area contributed by atoms with Crippen molar-refractivity contribution in [2.75, 3.05) is 39.8 Å². The smallest absolute Gasteiger partial charge is 0.416 e. The minimum Gasteiger partial charge on any atom is -0.489 e. The van der Waals surface area contributed by atoms with Crippen molar-refractivity contribution in [3.05, 3.63) is 63.6 Å². The van der Waals surface area contributed by atoms with E-state index in [4.69, 9.17) is 4.74 Å². The van der Waals surface area contributed by atoms with Crippen LogP contribution in [-0.4, -0.2) is 49.6 Å². The number of nitrogens with zero attached hydrogens (tertiary/aromatic N) is 2. The fraction of sp³-hybridized carbons (Fsp3) is 0.455. The van der Waals surface area contributed by atoms with Gasteiger partial charge in [-0.15, -0.1) is 0 Å². The maximum atomic E-state index is 12.9. The standard InChI is InChI=1S/C22H26BrF3N2O/c1-27-10-12-28(13-11-27)9-3-5-18-15-20(23)7-8-21(18)29-16-17-4-2-6-19(14-17)22(24,25)26/h2,4,6-8,14-15H,3,5,9-13,16H2,1H3. The molecular weight excluding hydrogens is 445 g/mol. The summed E-state index contributed by atoms with van der Waals surface area (Å²) in [7, 11) is 2.15. The molecule has 0 aromatic heterocycles. The number of aryl methyl sites for hydroxylation is 1. The molecule has 1 saturated heterocycles. The third-order valence-electron chi connectivity index (χ3n) is 5.19.